The summed E-state index contributed by atoms with van der Waals surface area (Å²) in [6.45, 7) is 5.77. The number of ether oxygens (including phenoxy) is 3. The molecule has 3 fully saturated rings. The molecule has 322 valence electrons. The number of allylic oxidation sites excluding steroid dienone is 1. The van der Waals surface area contributed by atoms with Gasteiger partial charge in [-0.3, -0.25) is 19.1 Å². The van der Waals surface area contributed by atoms with Crippen LogP contribution in [0.2, 0.25) is 0 Å². The van der Waals surface area contributed by atoms with E-state index < -0.39 is 122 Å². The summed E-state index contributed by atoms with van der Waals surface area (Å²) in [6, 6.07) is -0.387. The Labute approximate surface area is 338 Å². The molecule has 0 radical (unpaired) electrons. The predicted octanol–water partition coefficient (Wildman–Crippen LogP) is 5.08. The summed E-state index contributed by atoms with van der Waals surface area (Å²) in [6.07, 6.45) is -2.81. The second-order valence-electron chi connectivity index (χ2n) is 17.5. The van der Waals surface area contributed by atoms with Crippen molar-refractivity contribution in [1.29, 1.82) is 0 Å². The van der Waals surface area contributed by atoms with Crippen molar-refractivity contribution in [1.82, 2.24) is 30.2 Å². The summed E-state index contributed by atoms with van der Waals surface area (Å²) in [5.74, 6) is -4.35. The van der Waals surface area contributed by atoms with Crippen LogP contribution in [0, 0.1) is 5.92 Å². The molecule has 2 saturated carbocycles. The number of nitrogens with one attached hydrogen (secondary N) is 3. The van der Waals surface area contributed by atoms with Gasteiger partial charge in [0.1, 0.15) is 40.5 Å². The monoisotopic (exact) mass is 852 g/mol. The average Bonchev–Trinajstić information content (AvgIpc) is 4.03. The number of alkyl halides is 4. The van der Waals surface area contributed by atoms with Gasteiger partial charge in [-0.1, -0.05) is 25.0 Å². The molecule has 0 aromatic carbocycles. The lowest BCUT2D eigenvalue weighted by Crippen LogP contribution is -2.58. The molecule has 4 amide bonds. The van der Waals surface area contributed by atoms with Crippen molar-refractivity contribution in [2.24, 2.45) is 5.92 Å². The maximum atomic E-state index is 16.8. The van der Waals surface area contributed by atoms with E-state index in [2.05, 4.69) is 25.3 Å². The van der Waals surface area contributed by atoms with Crippen molar-refractivity contribution in [3.8, 4) is 11.6 Å². The van der Waals surface area contributed by atoms with Crippen LogP contribution >= 0.6 is 0 Å². The molecule has 7 rings (SSSR count). The maximum absolute atomic E-state index is 16.8. The minimum atomic E-state index is -5.14. The first-order valence-corrected chi connectivity index (χ1v) is 21.1. The number of carbonyl (C=O) groups is 4. The Bertz CT molecular complexity index is 2210. The Kier molecular flexibility index (Phi) is 10.6. The number of alkyl carbamates (subject to hydrolysis) is 1. The molecule has 1 spiro atoms. The van der Waals surface area contributed by atoms with E-state index in [4.69, 9.17) is 14.2 Å². The molecule has 59 heavy (non-hydrogen) atoms. The highest BCUT2D eigenvalue weighted by Crippen LogP contribution is 2.53. The van der Waals surface area contributed by atoms with Crippen LogP contribution < -0.4 is 24.8 Å². The van der Waals surface area contributed by atoms with E-state index in [9.17, 15) is 40.8 Å². The molecule has 1 unspecified atom stereocenters. The van der Waals surface area contributed by atoms with Gasteiger partial charge in [-0.25, -0.2) is 27.6 Å². The number of halogens is 4. The molecule has 2 aromatic heterocycles. The fraction of sp³-hybridized carbons (Fsp3) is 0.641. The smallest absolute Gasteiger partial charge is 0.437 e. The fourth-order valence-electron chi connectivity index (χ4n) is 8.17. The first-order chi connectivity index (χ1) is 27.5. The normalized spacial score (nSPS) is 30.0. The lowest BCUT2D eigenvalue weighted by molar-refractivity contribution is -0.145. The third-order valence-electron chi connectivity index (χ3n) is 11.8. The van der Waals surface area contributed by atoms with Gasteiger partial charge in [0.15, 0.2) is 11.4 Å². The zero-order valence-electron chi connectivity index (χ0n) is 33.3. The molecule has 1 saturated heterocycles. The van der Waals surface area contributed by atoms with E-state index in [1.807, 2.05) is 6.08 Å². The van der Waals surface area contributed by atoms with Crippen LogP contribution in [0.15, 0.2) is 24.3 Å². The molecule has 3 N–H and O–H groups in total. The number of sulfonamides is 1. The molecule has 5 aliphatic rings. The van der Waals surface area contributed by atoms with Gasteiger partial charge in [-0.15, -0.1) is 0 Å². The van der Waals surface area contributed by atoms with Crippen LogP contribution in [0.1, 0.15) is 109 Å². The van der Waals surface area contributed by atoms with E-state index in [0.717, 1.165) is 4.90 Å². The molecule has 2 aromatic rings. The van der Waals surface area contributed by atoms with Crippen molar-refractivity contribution in [2.75, 3.05) is 13.7 Å². The molecule has 6 atom stereocenters. The Morgan fingerprint density at radius 1 is 1.05 bits per heavy atom. The van der Waals surface area contributed by atoms with Gasteiger partial charge in [-0.2, -0.15) is 13.2 Å². The van der Waals surface area contributed by atoms with Gasteiger partial charge in [0, 0.05) is 24.8 Å². The van der Waals surface area contributed by atoms with Crippen LogP contribution in [-0.2, 0) is 35.3 Å². The number of pyridine rings is 2. The second kappa shape index (κ2) is 14.8. The Balaban J connectivity index is 1.29. The number of hydrogen-bond donors (Lipinski definition) is 3. The standard InChI is InChI=1S/C39H48F4N6O9S/c1-35(2,3)58-34(53)45-24-12-10-8-6-7-9-11-21-17-38(21,33(52)48-59(54,55)36(4)15-16-36)47-31(50)25-19-37(20-49(25)32(24)51)18-22(40)27-28-23(13-14-26(46-28)56-5)44-30(29(27)57-37)39(41,42)43/h9,11,13-14,21-22,24-25H,6-8,10,12,15-20H2,1-5H3,(H,45,53)(H,47,50)(H,48,52)/b11-9-/t21-,22+,24?,25+,37-,38-/m1/s1. The quantitative estimate of drug-likeness (QED) is 0.268. The predicted molar refractivity (Wildman–Crippen MR) is 202 cm³/mol. The molecular formula is C39H48F4N6O9S. The van der Waals surface area contributed by atoms with Gasteiger partial charge in [0.2, 0.25) is 27.7 Å². The number of rotatable bonds is 5. The molecule has 15 nitrogen and oxygen atoms in total. The van der Waals surface area contributed by atoms with Gasteiger partial charge in [-0.05, 0) is 72.3 Å². The third kappa shape index (κ3) is 8.24. The van der Waals surface area contributed by atoms with E-state index in [1.165, 1.54) is 26.2 Å². The van der Waals surface area contributed by atoms with Gasteiger partial charge >= 0.3 is 12.3 Å². The minimum absolute atomic E-state index is 0.0164. The number of amides is 4. The molecule has 0 bridgehead atoms. The molecule has 20 heteroatoms. The van der Waals surface area contributed by atoms with E-state index >= 15 is 4.39 Å². The van der Waals surface area contributed by atoms with Gasteiger partial charge < -0.3 is 29.7 Å². The van der Waals surface area contributed by atoms with E-state index in [-0.39, 0.29) is 29.8 Å². The second-order valence-corrected chi connectivity index (χ2v) is 19.7. The number of carbonyl (C=O) groups excluding carboxylic acids is 4. The maximum Gasteiger partial charge on any atom is 0.437 e. The summed E-state index contributed by atoms with van der Waals surface area (Å²) in [4.78, 5) is 65.2. The first-order valence-electron chi connectivity index (χ1n) is 19.6. The van der Waals surface area contributed by atoms with E-state index in [1.54, 1.807) is 26.8 Å². The summed E-state index contributed by atoms with van der Waals surface area (Å²) in [7, 11) is -2.86. The van der Waals surface area contributed by atoms with Crippen molar-refractivity contribution in [2.45, 2.75) is 138 Å². The van der Waals surface area contributed by atoms with Crippen LogP contribution in [0.3, 0.4) is 0 Å². The minimum Gasteiger partial charge on any atom is -0.482 e. The van der Waals surface area contributed by atoms with Crippen molar-refractivity contribution in [3.63, 3.8) is 0 Å². The first kappa shape index (κ1) is 42.4. The Morgan fingerprint density at radius 2 is 1.78 bits per heavy atom. The van der Waals surface area contributed by atoms with Gasteiger partial charge in [0.25, 0.3) is 5.91 Å². The van der Waals surface area contributed by atoms with Crippen LogP contribution in [-0.4, -0.2) is 94.3 Å². The highest BCUT2D eigenvalue weighted by Gasteiger charge is 2.64. The molecule has 3 aliphatic heterocycles. The fourth-order valence-corrected chi connectivity index (χ4v) is 9.48. The molecule has 5 heterocycles. The van der Waals surface area contributed by atoms with Crippen molar-refractivity contribution >= 4 is 44.9 Å². The topological polar surface area (TPSA) is 195 Å². The molecular weight excluding hydrogens is 805 g/mol. The number of methoxy groups -OCH3 is 1. The highest BCUT2D eigenvalue weighted by molar-refractivity contribution is 7.91. The Hall–Kier alpha value is -4.75. The summed E-state index contributed by atoms with van der Waals surface area (Å²) >= 11 is 0. The number of aromatic nitrogens is 2. The zero-order chi connectivity index (χ0) is 42.9. The molecule has 2 aliphatic carbocycles. The van der Waals surface area contributed by atoms with Crippen LogP contribution in [0.4, 0.5) is 22.4 Å². The van der Waals surface area contributed by atoms with Crippen LogP contribution in [0.25, 0.3) is 11.0 Å². The number of fused-ring (bicyclic) bond motifs is 5. The SMILES string of the molecule is COc1ccc2nc(C(F)(F)F)c3c(c2n1)[C@@H](F)C[C@]1(C[C@H]2C(=O)N[C@]4(C(=O)NS(=O)(=O)C5(C)CC5)C[C@H]4/C=C\CCCCCC(NC(=O)OC(C)(C)C)C(=O)N2C1)O3. The number of hydrogen-bond acceptors (Lipinski definition) is 11. The lowest BCUT2D eigenvalue weighted by Gasteiger charge is -2.38. The largest absolute Gasteiger partial charge is 0.482 e. The number of nitrogens with zero attached hydrogens (tertiary/aromatic N) is 3. The average molecular weight is 853 g/mol. The van der Waals surface area contributed by atoms with Crippen molar-refractivity contribution in [3.05, 3.63) is 35.5 Å². The summed E-state index contributed by atoms with van der Waals surface area (Å²) < 4.78 is 105. The van der Waals surface area contributed by atoms with Gasteiger partial charge in [0.05, 0.1) is 29.5 Å². The summed E-state index contributed by atoms with van der Waals surface area (Å²) in [5, 5.41) is 5.28. The van der Waals surface area contributed by atoms with Crippen molar-refractivity contribution < 1.29 is 59.4 Å². The lowest BCUT2D eigenvalue weighted by atomic mass is 9.86. The highest BCUT2D eigenvalue weighted by atomic mass is 32.2. The zero-order valence-corrected chi connectivity index (χ0v) is 34.1. The van der Waals surface area contributed by atoms with E-state index in [0.29, 0.717) is 38.5 Å². The summed E-state index contributed by atoms with van der Waals surface area (Å²) in [5.41, 5.74) is -7.22. The Morgan fingerprint density at radius 3 is 2.44 bits per heavy atom. The third-order valence-corrected chi connectivity index (χ3v) is 13.9. The van der Waals surface area contributed by atoms with Crippen LogP contribution in [0.5, 0.6) is 11.6 Å².